The molecule has 2 aromatic carbocycles. The van der Waals surface area contributed by atoms with Gasteiger partial charge in [-0.1, -0.05) is 48.0 Å². The molecule has 0 unspecified atom stereocenters. The Morgan fingerprint density at radius 2 is 1.81 bits per heavy atom. The number of carbonyl (C=O) groups is 1. The van der Waals surface area contributed by atoms with Gasteiger partial charge in [-0.15, -0.1) is 0 Å². The highest BCUT2D eigenvalue weighted by molar-refractivity contribution is 6.34. The van der Waals surface area contributed by atoms with Crippen molar-refractivity contribution in [3.05, 3.63) is 83.8 Å². The number of halogens is 1. The quantitative estimate of drug-likeness (QED) is 0.468. The van der Waals surface area contributed by atoms with Crippen LogP contribution in [0.4, 0.5) is 0 Å². The number of benzene rings is 2. The van der Waals surface area contributed by atoms with Crippen molar-refractivity contribution in [2.45, 2.75) is 19.3 Å². The van der Waals surface area contributed by atoms with Crippen molar-refractivity contribution in [2.75, 3.05) is 0 Å². The van der Waals surface area contributed by atoms with Crippen LogP contribution in [0.1, 0.15) is 23.2 Å². The predicted octanol–water partition coefficient (Wildman–Crippen LogP) is 5.41. The zero-order valence-electron chi connectivity index (χ0n) is 14.7. The Morgan fingerprint density at radius 3 is 2.59 bits per heavy atom. The summed E-state index contributed by atoms with van der Waals surface area (Å²) >= 11 is 6.46. The van der Waals surface area contributed by atoms with Gasteiger partial charge in [-0.2, -0.15) is 0 Å². The van der Waals surface area contributed by atoms with Crippen molar-refractivity contribution >= 4 is 28.5 Å². The lowest BCUT2D eigenvalue weighted by Gasteiger charge is -2.06. The molecule has 2 heterocycles. The number of aryl methyl sites for hydroxylation is 1. The number of hydrogen-bond acceptors (Lipinski definition) is 3. The van der Waals surface area contributed by atoms with E-state index in [4.69, 9.17) is 11.6 Å². The van der Waals surface area contributed by atoms with E-state index in [1.54, 1.807) is 23.2 Å². The molecular formula is C22H18ClN3O. The summed E-state index contributed by atoms with van der Waals surface area (Å²) in [5.41, 5.74) is 4.30. The summed E-state index contributed by atoms with van der Waals surface area (Å²) < 4.78 is 1.59. The molecule has 2 aromatic heterocycles. The monoisotopic (exact) mass is 375 g/mol. The first-order valence-electron chi connectivity index (χ1n) is 8.87. The highest BCUT2D eigenvalue weighted by Crippen LogP contribution is 2.30. The minimum atomic E-state index is 0.0232. The van der Waals surface area contributed by atoms with Gasteiger partial charge in [0, 0.05) is 18.2 Å². The second kappa shape index (κ2) is 7.72. The Bertz CT molecular complexity index is 1070. The molecule has 27 heavy (non-hydrogen) atoms. The van der Waals surface area contributed by atoms with Crippen molar-refractivity contribution < 1.29 is 4.79 Å². The average Bonchev–Trinajstić information content (AvgIpc) is 3.11. The fourth-order valence-electron chi connectivity index (χ4n) is 3.16. The molecule has 0 aliphatic heterocycles. The zero-order chi connectivity index (χ0) is 18.6. The van der Waals surface area contributed by atoms with Crippen LogP contribution in [0.2, 0.25) is 5.02 Å². The van der Waals surface area contributed by atoms with E-state index in [0.717, 1.165) is 35.1 Å². The second-order valence-electron chi connectivity index (χ2n) is 6.38. The van der Waals surface area contributed by atoms with Crippen LogP contribution in [0.5, 0.6) is 0 Å². The van der Waals surface area contributed by atoms with Gasteiger partial charge in [-0.05, 0) is 42.7 Å². The topological polar surface area (TPSA) is 47.8 Å². The maximum Gasteiger partial charge on any atom is 0.232 e. The van der Waals surface area contributed by atoms with Crippen LogP contribution in [0, 0.1) is 0 Å². The molecule has 0 atom stereocenters. The molecule has 134 valence electrons. The SMILES string of the molecule is O=C(CCCc1ccccc1)n1cnc2cc(-c3ccccn3)c(Cl)cc21. The van der Waals surface area contributed by atoms with Gasteiger partial charge in [0.2, 0.25) is 5.91 Å². The van der Waals surface area contributed by atoms with Crippen molar-refractivity contribution in [3.63, 3.8) is 0 Å². The molecule has 4 nitrogen and oxygen atoms in total. The fourth-order valence-corrected chi connectivity index (χ4v) is 3.41. The van der Waals surface area contributed by atoms with E-state index in [9.17, 15) is 4.79 Å². The summed E-state index contributed by atoms with van der Waals surface area (Å²) in [6.07, 6.45) is 5.44. The number of imidazole rings is 1. The normalized spacial score (nSPS) is 11.0. The third-order valence-electron chi connectivity index (χ3n) is 4.54. The standard InChI is InChI=1S/C22H18ClN3O/c23-18-14-21-20(13-17(18)19-10-4-5-12-24-19)25-15-26(21)22(27)11-6-9-16-7-2-1-3-8-16/h1-5,7-8,10,12-15H,6,9,11H2. The summed E-state index contributed by atoms with van der Waals surface area (Å²) in [7, 11) is 0. The van der Waals surface area contributed by atoms with Gasteiger partial charge in [0.25, 0.3) is 0 Å². The molecule has 0 spiro atoms. The molecular weight excluding hydrogens is 358 g/mol. The minimum absolute atomic E-state index is 0.0232. The van der Waals surface area contributed by atoms with Gasteiger partial charge < -0.3 is 0 Å². The van der Waals surface area contributed by atoms with Crippen LogP contribution < -0.4 is 0 Å². The van der Waals surface area contributed by atoms with Crippen LogP contribution in [0.25, 0.3) is 22.3 Å². The van der Waals surface area contributed by atoms with Gasteiger partial charge >= 0.3 is 0 Å². The Balaban J connectivity index is 1.54. The molecule has 4 aromatic rings. The van der Waals surface area contributed by atoms with Crippen molar-refractivity contribution in [1.82, 2.24) is 14.5 Å². The van der Waals surface area contributed by atoms with E-state index in [1.807, 2.05) is 42.5 Å². The van der Waals surface area contributed by atoms with Crippen molar-refractivity contribution in [2.24, 2.45) is 0 Å². The minimum Gasteiger partial charge on any atom is -0.274 e. The van der Waals surface area contributed by atoms with Crippen molar-refractivity contribution in [3.8, 4) is 11.3 Å². The molecule has 4 rings (SSSR count). The number of nitrogens with zero attached hydrogens (tertiary/aromatic N) is 3. The summed E-state index contributed by atoms with van der Waals surface area (Å²) in [6.45, 7) is 0. The molecule has 0 radical (unpaired) electrons. The molecule has 0 saturated carbocycles. The smallest absolute Gasteiger partial charge is 0.232 e. The molecule has 0 N–H and O–H groups in total. The van der Waals surface area contributed by atoms with Crippen LogP contribution in [-0.4, -0.2) is 20.4 Å². The van der Waals surface area contributed by atoms with Gasteiger partial charge in [0.05, 0.1) is 21.7 Å². The Kier molecular flexibility index (Phi) is 4.99. The van der Waals surface area contributed by atoms with Crippen LogP contribution >= 0.6 is 11.6 Å². The zero-order valence-corrected chi connectivity index (χ0v) is 15.4. The number of aromatic nitrogens is 3. The summed E-state index contributed by atoms with van der Waals surface area (Å²) in [6, 6.07) is 19.5. The number of pyridine rings is 1. The summed E-state index contributed by atoms with van der Waals surface area (Å²) in [4.78, 5) is 21.4. The number of rotatable bonds is 5. The maximum absolute atomic E-state index is 12.6. The van der Waals surface area contributed by atoms with E-state index in [1.165, 1.54) is 5.56 Å². The predicted molar refractivity (Wildman–Crippen MR) is 108 cm³/mol. The molecule has 0 aliphatic rings. The first-order valence-corrected chi connectivity index (χ1v) is 9.25. The van der Waals surface area contributed by atoms with Crippen LogP contribution in [0.3, 0.4) is 0 Å². The molecule has 0 fully saturated rings. The Hall–Kier alpha value is -2.98. The summed E-state index contributed by atoms with van der Waals surface area (Å²) in [5, 5.41) is 0.556. The van der Waals surface area contributed by atoms with Gasteiger partial charge in [0.1, 0.15) is 6.33 Å². The van der Waals surface area contributed by atoms with Gasteiger partial charge in [-0.3, -0.25) is 14.3 Å². The lowest BCUT2D eigenvalue weighted by Crippen LogP contribution is -2.09. The van der Waals surface area contributed by atoms with Gasteiger partial charge in [-0.25, -0.2) is 4.98 Å². The molecule has 0 bridgehead atoms. The van der Waals surface area contributed by atoms with E-state index in [-0.39, 0.29) is 5.91 Å². The second-order valence-corrected chi connectivity index (χ2v) is 6.79. The van der Waals surface area contributed by atoms with Crippen molar-refractivity contribution in [1.29, 1.82) is 0 Å². The average molecular weight is 376 g/mol. The number of carbonyl (C=O) groups excluding carboxylic acids is 1. The van der Waals surface area contributed by atoms with E-state index in [2.05, 4.69) is 22.1 Å². The van der Waals surface area contributed by atoms with E-state index >= 15 is 0 Å². The Morgan fingerprint density at radius 1 is 1.00 bits per heavy atom. The molecule has 5 heteroatoms. The Labute approximate surface area is 162 Å². The first kappa shape index (κ1) is 17.4. The largest absolute Gasteiger partial charge is 0.274 e. The third kappa shape index (κ3) is 3.76. The van der Waals surface area contributed by atoms with Crippen LogP contribution in [-0.2, 0) is 6.42 Å². The molecule has 0 aliphatic carbocycles. The fraction of sp³-hybridized carbons (Fsp3) is 0.136. The van der Waals surface area contributed by atoms with E-state index < -0.39 is 0 Å². The number of hydrogen-bond donors (Lipinski definition) is 0. The third-order valence-corrected chi connectivity index (χ3v) is 4.86. The van der Waals surface area contributed by atoms with E-state index in [0.29, 0.717) is 11.4 Å². The van der Waals surface area contributed by atoms with Crippen LogP contribution in [0.15, 0.2) is 73.2 Å². The molecule has 0 amide bonds. The highest BCUT2D eigenvalue weighted by Gasteiger charge is 2.14. The lowest BCUT2D eigenvalue weighted by atomic mass is 10.1. The maximum atomic E-state index is 12.6. The lowest BCUT2D eigenvalue weighted by molar-refractivity contribution is 0.0905. The highest BCUT2D eigenvalue weighted by atomic mass is 35.5. The molecule has 0 saturated heterocycles. The number of fused-ring (bicyclic) bond motifs is 1. The summed E-state index contributed by atoms with van der Waals surface area (Å²) in [5.74, 6) is 0.0232. The first-order chi connectivity index (χ1) is 13.2. The van der Waals surface area contributed by atoms with Gasteiger partial charge in [0.15, 0.2) is 0 Å².